The van der Waals surface area contributed by atoms with Crippen LogP contribution in [0.3, 0.4) is 0 Å². The smallest absolute Gasteiger partial charge is 0.318 e. The summed E-state index contributed by atoms with van der Waals surface area (Å²) in [7, 11) is 0. The number of hydrogen-bond donors (Lipinski definition) is 5. The van der Waals surface area contributed by atoms with Crippen LogP contribution in [-0.2, 0) is 49.4 Å². The van der Waals surface area contributed by atoms with E-state index in [4.69, 9.17) is 44.8 Å². The van der Waals surface area contributed by atoms with Gasteiger partial charge in [0.25, 0.3) is 0 Å². The maximum atomic E-state index is 13.9. The van der Waals surface area contributed by atoms with Gasteiger partial charge in [0, 0.05) is 12.5 Å². The molecule has 4 aromatic rings. The van der Waals surface area contributed by atoms with Gasteiger partial charge in [-0.2, -0.15) is 0 Å². The van der Waals surface area contributed by atoms with Crippen LogP contribution in [0.25, 0.3) is 0 Å². The first-order valence-electron chi connectivity index (χ1n) is 18.5. The summed E-state index contributed by atoms with van der Waals surface area (Å²) < 4.78 is 42.0. The molecule has 5 N–H and O–H groups in total. The van der Waals surface area contributed by atoms with Gasteiger partial charge >= 0.3 is 5.97 Å². The molecular weight excluding hydrogens is 762 g/mol. The minimum Gasteiger partial charge on any atom is -0.462 e. The van der Waals surface area contributed by atoms with E-state index in [2.05, 4.69) is 5.32 Å². The largest absolute Gasteiger partial charge is 0.462 e. The molecule has 1 amide bonds. The van der Waals surface area contributed by atoms with Crippen molar-refractivity contribution < 1.29 is 63.2 Å². The lowest BCUT2D eigenvalue weighted by atomic mass is 9.91. The van der Waals surface area contributed by atoms with Crippen molar-refractivity contribution in [2.24, 2.45) is 0 Å². The molecular formula is C42H44ClNO13. The standard InChI is InChI=1S/C42H44ClNO13/c1-23(45)44-29-19-24(17-18-28(29)43)20-52-41-35(48)33(46)38(30(54-41)21-51-39(50)32(25-11-5-2-6-12-25)26-13-7-3-8-14-26)57-42-36(49)34(47)37-31(55-42)22-53-40(56-37)27-15-9-4-10-16-27/h2-19,30-38,40-42,46-49H,20-22H2,1H3,(H,44,45)/t30-,31-,33-,34-,35-,36-,37-,38-,40?,41-,42-/m1/s1. The quantitative estimate of drug-likeness (QED) is 0.131. The number of benzene rings is 4. The molecule has 3 heterocycles. The molecule has 15 heteroatoms. The molecule has 302 valence electrons. The Balaban J connectivity index is 1.10. The van der Waals surface area contributed by atoms with E-state index in [0.29, 0.717) is 33.0 Å². The highest BCUT2D eigenvalue weighted by atomic mass is 35.5. The molecule has 3 fully saturated rings. The van der Waals surface area contributed by atoms with E-state index >= 15 is 0 Å². The van der Waals surface area contributed by atoms with Crippen LogP contribution in [0.2, 0.25) is 5.02 Å². The van der Waals surface area contributed by atoms with Crippen LogP contribution in [0.5, 0.6) is 0 Å². The molecule has 3 saturated heterocycles. The van der Waals surface area contributed by atoms with E-state index in [1.54, 1.807) is 42.5 Å². The van der Waals surface area contributed by atoms with Crippen molar-refractivity contribution in [2.75, 3.05) is 18.5 Å². The van der Waals surface area contributed by atoms with Crippen LogP contribution in [0.15, 0.2) is 109 Å². The van der Waals surface area contributed by atoms with Gasteiger partial charge < -0.3 is 58.9 Å². The summed E-state index contributed by atoms with van der Waals surface area (Å²) in [4.78, 5) is 25.6. The van der Waals surface area contributed by atoms with Gasteiger partial charge in [0.2, 0.25) is 5.91 Å². The van der Waals surface area contributed by atoms with E-state index in [1.165, 1.54) is 6.92 Å². The van der Waals surface area contributed by atoms with Crippen molar-refractivity contribution in [1.82, 2.24) is 0 Å². The Morgan fingerprint density at radius 3 is 2.07 bits per heavy atom. The molecule has 14 nitrogen and oxygen atoms in total. The third kappa shape index (κ3) is 9.54. The maximum Gasteiger partial charge on any atom is 0.318 e. The normalized spacial score (nSPS) is 30.0. The summed E-state index contributed by atoms with van der Waals surface area (Å²) in [5.74, 6) is -1.78. The topological polar surface area (TPSA) is 192 Å². The summed E-state index contributed by atoms with van der Waals surface area (Å²) in [5, 5.41) is 48.3. The highest BCUT2D eigenvalue weighted by molar-refractivity contribution is 6.33. The summed E-state index contributed by atoms with van der Waals surface area (Å²) in [5.41, 5.74) is 2.97. The highest BCUT2D eigenvalue weighted by Gasteiger charge is 2.53. The second-order valence-corrected chi connectivity index (χ2v) is 14.4. The zero-order valence-electron chi connectivity index (χ0n) is 30.8. The fraction of sp³-hybridized carbons (Fsp3) is 0.381. The molecule has 1 unspecified atom stereocenters. The summed E-state index contributed by atoms with van der Waals surface area (Å²) >= 11 is 6.23. The lowest BCUT2D eigenvalue weighted by molar-refractivity contribution is -0.386. The van der Waals surface area contributed by atoms with Gasteiger partial charge in [-0.05, 0) is 28.8 Å². The predicted octanol–water partition coefficient (Wildman–Crippen LogP) is 3.58. The number of rotatable bonds is 12. The minimum absolute atomic E-state index is 0.0219. The number of aliphatic hydroxyl groups is 4. The first-order valence-corrected chi connectivity index (χ1v) is 18.9. The minimum atomic E-state index is -1.74. The first-order chi connectivity index (χ1) is 27.6. The average Bonchev–Trinajstić information content (AvgIpc) is 3.22. The summed E-state index contributed by atoms with van der Waals surface area (Å²) in [6.45, 7) is 0.685. The maximum absolute atomic E-state index is 13.9. The molecule has 3 aliphatic rings. The number of esters is 1. The van der Waals surface area contributed by atoms with Gasteiger partial charge in [0.15, 0.2) is 18.9 Å². The van der Waals surface area contributed by atoms with Gasteiger partial charge in [-0.1, -0.05) is 109 Å². The van der Waals surface area contributed by atoms with Crippen molar-refractivity contribution in [3.63, 3.8) is 0 Å². The number of anilines is 1. The molecule has 11 atom stereocenters. The Hall–Kier alpha value is -4.29. The summed E-state index contributed by atoms with van der Waals surface area (Å²) in [6.07, 6.45) is -15.1. The predicted molar refractivity (Wildman–Crippen MR) is 202 cm³/mol. The molecule has 0 saturated carbocycles. The number of amides is 1. The number of fused-ring (bicyclic) bond motifs is 1. The van der Waals surface area contributed by atoms with Gasteiger partial charge in [0.1, 0.15) is 61.4 Å². The average molecular weight is 806 g/mol. The van der Waals surface area contributed by atoms with Crippen molar-refractivity contribution in [2.45, 2.75) is 87.2 Å². The number of halogens is 1. The van der Waals surface area contributed by atoms with Crippen LogP contribution in [0, 0.1) is 0 Å². The number of carbonyl (C=O) groups is 2. The zero-order chi connectivity index (χ0) is 40.1. The third-order valence-electron chi connectivity index (χ3n) is 9.98. The number of carbonyl (C=O) groups excluding carboxylic acids is 2. The van der Waals surface area contributed by atoms with Gasteiger partial charge in [-0.25, -0.2) is 0 Å². The van der Waals surface area contributed by atoms with Crippen LogP contribution in [-0.4, -0.2) is 107 Å². The Kier molecular flexibility index (Phi) is 13.3. The molecule has 57 heavy (non-hydrogen) atoms. The van der Waals surface area contributed by atoms with Crippen molar-refractivity contribution >= 4 is 29.2 Å². The fourth-order valence-electron chi connectivity index (χ4n) is 7.10. The Morgan fingerprint density at radius 1 is 0.789 bits per heavy atom. The molecule has 0 radical (unpaired) electrons. The Morgan fingerprint density at radius 2 is 1.42 bits per heavy atom. The Bertz CT molecular complexity index is 1900. The van der Waals surface area contributed by atoms with E-state index in [-0.39, 0.29) is 19.1 Å². The zero-order valence-corrected chi connectivity index (χ0v) is 31.5. The lowest BCUT2D eigenvalue weighted by Crippen LogP contribution is -2.66. The molecule has 7 rings (SSSR count). The second kappa shape index (κ2) is 18.5. The monoisotopic (exact) mass is 805 g/mol. The third-order valence-corrected chi connectivity index (χ3v) is 10.3. The van der Waals surface area contributed by atoms with Crippen LogP contribution < -0.4 is 5.32 Å². The van der Waals surface area contributed by atoms with Crippen molar-refractivity contribution in [1.29, 1.82) is 0 Å². The van der Waals surface area contributed by atoms with Crippen LogP contribution >= 0.6 is 11.6 Å². The Labute approximate surface area is 333 Å². The number of ether oxygens (including phenoxy) is 7. The van der Waals surface area contributed by atoms with Gasteiger partial charge in [0.05, 0.1) is 23.9 Å². The SMILES string of the molecule is CC(=O)Nc1cc(CO[C@@H]2O[C@H](COC(=O)C(c3ccccc3)c3ccccc3)[C@@H](O[C@H]3O[C@@H]4COC(c5ccccc5)O[C@H]4[C@H](O)[C@H]3O)[C@H](O)[C@H]2O)ccc1Cl. The molecule has 0 bridgehead atoms. The molecule has 0 aliphatic carbocycles. The van der Waals surface area contributed by atoms with E-state index < -0.39 is 86.2 Å². The molecule has 4 aromatic carbocycles. The molecule has 3 aliphatic heterocycles. The van der Waals surface area contributed by atoms with Crippen molar-refractivity contribution in [3.05, 3.63) is 136 Å². The van der Waals surface area contributed by atoms with Crippen LogP contribution in [0.4, 0.5) is 5.69 Å². The summed E-state index contributed by atoms with van der Waals surface area (Å²) in [6, 6.07) is 32.1. The van der Waals surface area contributed by atoms with Crippen molar-refractivity contribution in [3.8, 4) is 0 Å². The van der Waals surface area contributed by atoms with Gasteiger partial charge in [-0.3, -0.25) is 9.59 Å². The number of nitrogens with one attached hydrogen (secondary N) is 1. The lowest BCUT2D eigenvalue weighted by Gasteiger charge is -2.48. The second-order valence-electron chi connectivity index (χ2n) is 14.0. The first kappa shape index (κ1) is 40.9. The van der Waals surface area contributed by atoms with E-state index in [9.17, 15) is 30.0 Å². The highest BCUT2D eigenvalue weighted by Crippen LogP contribution is 2.37. The fourth-order valence-corrected chi connectivity index (χ4v) is 7.26. The number of aliphatic hydroxyl groups excluding tert-OH is 4. The van der Waals surface area contributed by atoms with E-state index in [0.717, 1.165) is 0 Å². The molecule has 0 spiro atoms. The van der Waals surface area contributed by atoms with E-state index in [1.807, 2.05) is 66.7 Å². The number of hydrogen-bond acceptors (Lipinski definition) is 13. The van der Waals surface area contributed by atoms with Gasteiger partial charge in [-0.15, -0.1) is 0 Å². The molecule has 0 aromatic heterocycles. The van der Waals surface area contributed by atoms with Crippen LogP contribution in [0.1, 0.15) is 41.4 Å².